The van der Waals surface area contributed by atoms with E-state index in [0.29, 0.717) is 38.1 Å². The molecular formula is C24H35Cl2N3O4. The monoisotopic (exact) mass is 499 g/mol. The summed E-state index contributed by atoms with van der Waals surface area (Å²) >= 11 is 11.6. The normalized spacial score (nSPS) is 13.1. The van der Waals surface area contributed by atoms with Crippen molar-refractivity contribution in [2.45, 2.75) is 82.8 Å². The van der Waals surface area contributed by atoms with E-state index < -0.39 is 6.10 Å². The van der Waals surface area contributed by atoms with E-state index in [9.17, 15) is 10.2 Å². The number of aromatic nitrogens is 3. The molecule has 0 saturated heterocycles. The maximum atomic E-state index is 10.0. The topological polar surface area (TPSA) is 109 Å². The molecule has 0 bridgehead atoms. The molecule has 1 aromatic heterocycles. The molecule has 184 valence electrons. The molecule has 3 N–H and O–H groups in total. The fraction of sp³-hybridized carbons (Fsp3) is 0.625. The lowest BCUT2D eigenvalue weighted by atomic mass is 10.0. The number of halogens is 2. The highest BCUT2D eigenvalue weighted by Crippen LogP contribution is 2.22. The molecule has 0 amide bonds. The van der Waals surface area contributed by atoms with Gasteiger partial charge in [-0.3, -0.25) is 0 Å². The fourth-order valence-electron chi connectivity index (χ4n) is 3.53. The summed E-state index contributed by atoms with van der Waals surface area (Å²) in [4.78, 5) is 11.9. The first-order valence-corrected chi connectivity index (χ1v) is 12.5. The second kappa shape index (κ2) is 16.2. The molecule has 0 spiro atoms. The highest BCUT2D eigenvalue weighted by Gasteiger charge is 2.09. The van der Waals surface area contributed by atoms with Crippen LogP contribution in [0.1, 0.15) is 70.6 Å². The van der Waals surface area contributed by atoms with Crippen molar-refractivity contribution < 1.29 is 20.1 Å². The van der Waals surface area contributed by atoms with Crippen molar-refractivity contribution in [1.29, 1.82) is 0 Å². The summed E-state index contributed by atoms with van der Waals surface area (Å²) in [6.45, 7) is 0.772. The van der Waals surface area contributed by atoms with Gasteiger partial charge in [0.1, 0.15) is 5.75 Å². The number of rotatable bonds is 17. The number of ether oxygens (including phenoxy) is 1. The molecule has 9 heteroatoms. The van der Waals surface area contributed by atoms with Crippen molar-refractivity contribution >= 4 is 23.2 Å². The second-order valence-electron chi connectivity index (χ2n) is 8.23. The highest BCUT2D eigenvalue weighted by atomic mass is 35.5. The first kappa shape index (κ1) is 27.7. The van der Waals surface area contributed by atoms with Crippen LogP contribution in [0.4, 0.5) is 0 Å². The molecule has 7 nitrogen and oxygen atoms in total. The lowest BCUT2D eigenvalue weighted by Gasteiger charge is -2.14. The smallest absolute Gasteiger partial charge is 0.227 e. The van der Waals surface area contributed by atoms with Crippen LogP contribution in [0.15, 0.2) is 24.3 Å². The minimum Gasteiger partial charge on any atom is -0.494 e. The van der Waals surface area contributed by atoms with Crippen molar-refractivity contribution in [2.75, 3.05) is 13.2 Å². The van der Waals surface area contributed by atoms with Gasteiger partial charge in [0.15, 0.2) is 5.82 Å². The van der Waals surface area contributed by atoms with E-state index in [0.717, 1.165) is 56.3 Å². The minimum absolute atomic E-state index is 0.0617. The zero-order chi connectivity index (χ0) is 23.9. The number of hydrogen-bond acceptors (Lipinski definition) is 7. The summed E-state index contributed by atoms with van der Waals surface area (Å²) in [5.41, 5.74) is 0.788. The number of aliphatic hydroxyl groups is 3. The summed E-state index contributed by atoms with van der Waals surface area (Å²) < 4.78 is 5.80. The van der Waals surface area contributed by atoms with Gasteiger partial charge in [-0.15, -0.1) is 0 Å². The molecule has 0 saturated carbocycles. The molecule has 0 aliphatic heterocycles. The number of hydrogen-bond donors (Lipinski definition) is 3. The van der Waals surface area contributed by atoms with E-state index in [4.69, 9.17) is 33.0 Å². The Balaban J connectivity index is 1.49. The molecule has 2 atom stereocenters. The van der Waals surface area contributed by atoms with E-state index in [2.05, 4.69) is 15.0 Å². The molecule has 2 unspecified atom stereocenters. The first-order valence-electron chi connectivity index (χ1n) is 11.7. The first-order chi connectivity index (χ1) is 16.0. The third-order valence-electron chi connectivity index (χ3n) is 5.42. The Hall–Kier alpha value is -1.51. The lowest BCUT2D eigenvalue weighted by Crippen LogP contribution is -2.13. The Labute approximate surface area is 206 Å². The molecular weight excluding hydrogens is 465 g/mol. The Kier molecular flexibility index (Phi) is 13.6. The Bertz CT molecular complexity index is 776. The van der Waals surface area contributed by atoms with Crippen LogP contribution in [0, 0.1) is 0 Å². The molecule has 2 aromatic rings. The van der Waals surface area contributed by atoms with Crippen molar-refractivity contribution in [3.05, 3.63) is 34.8 Å². The molecule has 1 aromatic carbocycles. The Morgan fingerprint density at radius 2 is 1.24 bits per heavy atom. The van der Waals surface area contributed by atoms with Crippen LogP contribution in [0.25, 0.3) is 11.4 Å². The van der Waals surface area contributed by atoms with E-state index in [1.165, 1.54) is 0 Å². The summed E-state index contributed by atoms with van der Waals surface area (Å²) in [7, 11) is 0. The number of nitrogens with zero attached hydrogens (tertiary/aromatic N) is 3. The van der Waals surface area contributed by atoms with Gasteiger partial charge in [0.05, 0.1) is 18.8 Å². The van der Waals surface area contributed by atoms with Crippen LogP contribution in [-0.4, -0.2) is 55.7 Å². The van der Waals surface area contributed by atoms with Gasteiger partial charge in [0.2, 0.25) is 10.6 Å². The maximum absolute atomic E-state index is 10.0. The largest absolute Gasteiger partial charge is 0.494 e. The van der Waals surface area contributed by atoms with Crippen molar-refractivity contribution in [3.8, 4) is 17.1 Å². The number of aliphatic hydroxyl groups excluding tert-OH is 3. The molecule has 0 aliphatic rings. The lowest BCUT2D eigenvalue weighted by molar-refractivity contribution is 0.0977. The van der Waals surface area contributed by atoms with Gasteiger partial charge in [-0.05, 0) is 86.0 Å². The zero-order valence-corrected chi connectivity index (χ0v) is 20.5. The number of unbranched alkanes of at least 4 members (excludes halogenated alkanes) is 5. The van der Waals surface area contributed by atoms with Gasteiger partial charge in [0.25, 0.3) is 0 Å². The Morgan fingerprint density at radius 3 is 1.85 bits per heavy atom. The van der Waals surface area contributed by atoms with Gasteiger partial charge >= 0.3 is 0 Å². The highest BCUT2D eigenvalue weighted by molar-refractivity contribution is 6.31. The van der Waals surface area contributed by atoms with Crippen LogP contribution >= 0.6 is 23.2 Å². The van der Waals surface area contributed by atoms with Crippen molar-refractivity contribution in [3.63, 3.8) is 0 Å². The van der Waals surface area contributed by atoms with E-state index >= 15 is 0 Å². The third kappa shape index (κ3) is 12.0. The summed E-state index contributed by atoms with van der Waals surface area (Å²) in [5, 5.41) is 28.6. The summed E-state index contributed by atoms with van der Waals surface area (Å²) in [6.07, 6.45) is 9.00. The Morgan fingerprint density at radius 1 is 0.697 bits per heavy atom. The SMILES string of the molecule is OCCCC(O)CCC(O)CCCCCCCCOc1ccc(-c2nc(Cl)nc(Cl)n2)cc1. The molecule has 1 heterocycles. The van der Waals surface area contributed by atoms with Gasteiger partial charge in [-0.25, -0.2) is 0 Å². The molecule has 0 radical (unpaired) electrons. The fourth-order valence-corrected chi connectivity index (χ4v) is 3.90. The standard InChI is InChI=1S/C24H35Cl2N3O4/c25-23-27-22(28-24(26)29-23)18-10-14-21(15-11-18)33-17-6-4-2-1-3-5-8-19(31)12-13-20(32)9-7-16-30/h10-11,14-15,19-20,30-32H,1-9,12-13,16-17H2. The predicted molar refractivity (Wildman–Crippen MR) is 131 cm³/mol. The average molecular weight is 500 g/mol. The minimum atomic E-state index is -0.416. The average Bonchev–Trinajstić information content (AvgIpc) is 2.80. The van der Waals surface area contributed by atoms with Gasteiger partial charge in [-0.1, -0.05) is 32.1 Å². The third-order valence-corrected chi connectivity index (χ3v) is 5.76. The van der Waals surface area contributed by atoms with Crippen LogP contribution in [0.3, 0.4) is 0 Å². The van der Waals surface area contributed by atoms with Gasteiger partial charge < -0.3 is 20.1 Å². The van der Waals surface area contributed by atoms with Crippen LogP contribution in [0.5, 0.6) is 5.75 Å². The quantitative estimate of drug-likeness (QED) is 0.255. The van der Waals surface area contributed by atoms with E-state index in [1.807, 2.05) is 24.3 Å². The van der Waals surface area contributed by atoms with E-state index in [-0.39, 0.29) is 23.3 Å². The van der Waals surface area contributed by atoms with Crippen LogP contribution in [-0.2, 0) is 0 Å². The van der Waals surface area contributed by atoms with Crippen molar-refractivity contribution in [2.24, 2.45) is 0 Å². The van der Waals surface area contributed by atoms with Crippen LogP contribution < -0.4 is 4.74 Å². The summed E-state index contributed by atoms with van der Waals surface area (Å²) in [6, 6.07) is 7.47. The second-order valence-corrected chi connectivity index (χ2v) is 8.91. The predicted octanol–water partition coefficient (Wildman–Crippen LogP) is 5.23. The molecule has 2 rings (SSSR count). The molecule has 33 heavy (non-hydrogen) atoms. The van der Waals surface area contributed by atoms with Crippen molar-refractivity contribution in [1.82, 2.24) is 15.0 Å². The maximum Gasteiger partial charge on any atom is 0.227 e. The van der Waals surface area contributed by atoms with Crippen LogP contribution in [0.2, 0.25) is 10.6 Å². The van der Waals surface area contributed by atoms with E-state index in [1.54, 1.807) is 0 Å². The molecule has 0 aliphatic carbocycles. The number of benzene rings is 1. The molecule has 0 fully saturated rings. The zero-order valence-electron chi connectivity index (χ0n) is 19.0. The van der Waals surface area contributed by atoms with Gasteiger partial charge in [0, 0.05) is 12.2 Å². The van der Waals surface area contributed by atoms with Gasteiger partial charge in [-0.2, -0.15) is 15.0 Å². The summed E-state index contributed by atoms with van der Waals surface area (Å²) in [5.74, 6) is 1.22.